The van der Waals surface area contributed by atoms with E-state index in [2.05, 4.69) is 4.98 Å². The minimum atomic E-state index is -4.49. The molecule has 12 heteroatoms. The van der Waals surface area contributed by atoms with Crippen LogP contribution >= 0.6 is 0 Å². The maximum Gasteiger partial charge on any atom is 0.416 e. The lowest BCUT2D eigenvalue weighted by atomic mass is 10.1. The Bertz CT molecular complexity index is 1550. The minimum Gasteiger partial charge on any atom is -0.376 e. The van der Waals surface area contributed by atoms with Crippen LogP contribution in [0.25, 0.3) is 16.9 Å². The fourth-order valence-electron chi connectivity index (χ4n) is 4.33. The van der Waals surface area contributed by atoms with Crippen LogP contribution < -0.4 is 11.2 Å². The van der Waals surface area contributed by atoms with Crippen LogP contribution in [0, 0.1) is 11.6 Å². The Morgan fingerprint density at radius 2 is 1.81 bits per heavy atom. The lowest BCUT2D eigenvalue weighted by Crippen LogP contribution is -2.42. The molecule has 0 spiro atoms. The highest BCUT2D eigenvalue weighted by Gasteiger charge is 2.30. The van der Waals surface area contributed by atoms with Crippen molar-refractivity contribution >= 4 is 11.2 Å². The summed E-state index contributed by atoms with van der Waals surface area (Å²) in [4.78, 5) is 31.0. The molecule has 0 N–H and O–H groups in total. The largest absolute Gasteiger partial charge is 0.416 e. The van der Waals surface area contributed by atoms with Crippen LogP contribution in [0.5, 0.6) is 0 Å². The van der Waals surface area contributed by atoms with E-state index in [1.54, 1.807) is 0 Å². The second-order valence-electron chi connectivity index (χ2n) is 8.50. The molecule has 0 amide bonds. The van der Waals surface area contributed by atoms with Crippen molar-refractivity contribution in [1.82, 2.24) is 18.7 Å². The third kappa shape index (κ3) is 4.32. The molecule has 2 aromatic heterocycles. The SMILES string of the molecule is O=c1c2c(ncn2Cc2ccc(C(F)(F)F)cc2)n(-c2ccc(F)cc2F)c(=O)n1CC1CCCO1. The van der Waals surface area contributed by atoms with Gasteiger partial charge in [-0.05, 0) is 42.7 Å². The first-order chi connectivity index (χ1) is 17.1. The van der Waals surface area contributed by atoms with Crippen LogP contribution in [0.3, 0.4) is 0 Å². The molecule has 1 aliphatic heterocycles. The summed E-state index contributed by atoms with van der Waals surface area (Å²) in [5, 5.41) is 0. The van der Waals surface area contributed by atoms with Crippen LogP contribution in [0.4, 0.5) is 22.0 Å². The van der Waals surface area contributed by atoms with Gasteiger partial charge in [-0.2, -0.15) is 13.2 Å². The number of rotatable bonds is 5. The van der Waals surface area contributed by atoms with E-state index in [0.717, 1.165) is 39.8 Å². The van der Waals surface area contributed by atoms with E-state index < -0.39 is 40.7 Å². The number of ether oxygens (including phenoxy) is 1. The van der Waals surface area contributed by atoms with Crippen LogP contribution in [-0.2, 0) is 24.0 Å². The quantitative estimate of drug-likeness (QED) is 0.386. The summed E-state index contributed by atoms with van der Waals surface area (Å²) in [5.41, 5.74) is -2.46. The maximum absolute atomic E-state index is 14.7. The van der Waals surface area contributed by atoms with Gasteiger partial charge in [0.1, 0.15) is 11.6 Å². The van der Waals surface area contributed by atoms with E-state index in [1.165, 1.54) is 23.0 Å². The number of hydrogen-bond acceptors (Lipinski definition) is 4. The molecule has 1 saturated heterocycles. The number of alkyl halides is 3. The fraction of sp³-hybridized carbons (Fsp3) is 0.292. The van der Waals surface area contributed by atoms with E-state index >= 15 is 0 Å². The van der Waals surface area contributed by atoms with Crippen molar-refractivity contribution < 1.29 is 26.7 Å². The van der Waals surface area contributed by atoms with Crippen molar-refractivity contribution in [2.24, 2.45) is 0 Å². The van der Waals surface area contributed by atoms with Gasteiger partial charge < -0.3 is 9.30 Å². The first kappa shape index (κ1) is 23.9. The molecule has 3 heterocycles. The third-order valence-electron chi connectivity index (χ3n) is 6.10. The van der Waals surface area contributed by atoms with Crippen molar-refractivity contribution in [1.29, 1.82) is 0 Å². The Hall–Kier alpha value is -3.80. The van der Waals surface area contributed by atoms with Gasteiger partial charge in [0.2, 0.25) is 0 Å². The molecule has 1 atom stereocenters. The van der Waals surface area contributed by atoms with E-state index in [1.807, 2.05) is 0 Å². The van der Waals surface area contributed by atoms with Crippen LogP contribution in [0.15, 0.2) is 58.4 Å². The zero-order valence-corrected chi connectivity index (χ0v) is 18.6. The summed E-state index contributed by atoms with van der Waals surface area (Å²) in [6.07, 6.45) is -2.26. The number of benzene rings is 2. The monoisotopic (exact) mass is 506 g/mol. The molecular weight excluding hydrogens is 487 g/mol. The number of hydrogen-bond donors (Lipinski definition) is 0. The molecule has 0 aliphatic carbocycles. The lowest BCUT2D eigenvalue weighted by molar-refractivity contribution is -0.137. The molecule has 1 aliphatic rings. The molecule has 188 valence electrons. The molecule has 5 rings (SSSR count). The number of aromatic nitrogens is 4. The van der Waals surface area contributed by atoms with Crippen molar-refractivity contribution in [3.8, 4) is 5.69 Å². The van der Waals surface area contributed by atoms with E-state index in [-0.39, 0.29) is 29.9 Å². The smallest absolute Gasteiger partial charge is 0.376 e. The highest BCUT2D eigenvalue weighted by molar-refractivity contribution is 5.72. The predicted molar refractivity (Wildman–Crippen MR) is 119 cm³/mol. The van der Waals surface area contributed by atoms with Gasteiger partial charge in [-0.1, -0.05) is 12.1 Å². The Balaban J connectivity index is 1.67. The van der Waals surface area contributed by atoms with E-state index in [4.69, 9.17) is 4.74 Å². The van der Waals surface area contributed by atoms with Gasteiger partial charge in [-0.15, -0.1) is 0 Å². The molecular formula is C24H19F5N4O3. The van der Waals surface area contributed by atoms with E-state index in [0.29, 0.717) is 24.7 Å². The molecule has 0 saturated carbocycles. The first-order valence-corrected chi connectivity index (χ1v) is 11.1. The van der Waals surface area contributed by atoms with Gasteiger partial charge in [0.15, 0.2) is 11.2 Å². The third-order valence-corrected chi connectivity index (χ3v) is 6.10. The van der Waals surface area contributed by atoms with Gasteiger partial charge >= 0.3 is 11.9 Å². The molecule has 0 bridgehead atoms. The molecule has 0 radical (unpaired) electrons. The maximum atomic E-state index is 14.7. The van der Waals surface area contributed by atoms with Crippen molar-refractivity contribution in [3.63, 3.8) is 0 Å². The van der Waals surface area contributed by atoms with Gasteiger partial charge in [-0.25, -0.2) is 23.1 Å². The minimum absolute atomic E-state index is 0.0338. The molecule has 4 aromatic rings. The first-order valence-electron chi connectivity index (χ1n) is 11.1. The van der Waals surface area contributed by atoms with Crippen LogP contribution in [0.2, 0.25) is 0 Å². The van der Waals surface area contributed by atoms with E-state index in [9.17, 15) is 31.5 Å². The molecule has 1 fully saturated rings. The highest BCUT2D eigenvalue weighted by Crippen LogP contribution is 2.29. The van der Waals surface area contributed by atoms with Gasteiger partial charge in [0, 0.05) is 19.2 Å². The summed E-state index contributed by atoms with van der Waals surface area (Å²) in [7, 11) is 0. The Kier molecular flexibility index (Phi) is 5.99. The highest BCUT2D eigenvalue weighted by atomic mass is 19.4. The van der Waals surface area contributed by atoms with Gasteiger partial charge in [0.25, 0.3) is 5.56 Å². The normalized spacial score (nSPS) is 16.2. The van der Waals surface area contributed by atoms with Crippen LogP contribution in [0.1, 0.15) is 24.0 Å². The summed E-state index contributed by atoms with van der Waals surface area (Å²) in [6, 6.07) is 7.06. The molecule has 7 nitrogen and oxygen atoms in total. The van der Waals surface area contributed by atoms with Crippen molar-refractivity contribution in [2.45, 2.75) is 38.2 Å². The molecule has 2 aromatic carbocycles. The summed E-state index contributed by atoms with van der Waals surface area (Å²) >= 11 is 0. The Morgan fingerprint density at radius 1 is 1.06 bits per heavy atom. The predicted octanol–water partition coefficient (Wildman–Crippen LogP) is 3.87. The second-order valence-corrected chi connectivity index (χ2v) is 8.50. The number of nitrogens with zero attached hydrogens (tertiary/aromatic N) is 4. The summed E-state index contributed by atoms with van der Waals surface area (Å²) in [6.45, 7) is 0.365. The average molecular weight is 506 g/mol. The number of halogens is 5. The summed E-state index contributed by atoms with van der Waals surface area (Å²) in [5.74, 6) is -1.88. The number of imidazole rings is 1. The zero-order chi connectivity index (χ0) is 25.6. The molecule has 1 unspecified atom stereocenters. The lowest BCUT2D eigenvalue weighted by Gasteiger charge is -2.16. The van der Waals surface area contributed by atoms with Crippen LogP contribution in [-0.4, -0.2) is 31.4 Å². The standard InChI is InChI=1S/C24H19F5N4O3/c25-16-7-8-19(18(26)10-16)33-21-20(22(34)32(23(33)35)12-17-2-1-9-36-17)31(13-30-21)11-14-3-5-15(6-4-14)24(27,28)29/h3-8,10,13,17H,1-2,9,11-12H2. The van der Waals surface area contributed by atoms with Crippen molar-refractivity contribution in [3.05, 3.63) is 92.4 Å². The average Bonchev–Trinajstić information content (AvgIpc) is 3.48. The van der Waals surface area contributed by atoms with Gasteiger partial charge in [-0.3, -0.25) is 9.36 Å². The second kappa shape index (κ2) is 9.01. The van der Waals surface area contributed by atoms with Gasteiger partial charge in [0.05, 0.1) is 30.2 Å². The topological polar surface area (TPSA) is 71.0 Å². The number of fused-ring (bicyclic) bond motifs is 1. The zero-order valence-electron chi connectivity index (χ0n) is 18.6. The fourth-order valence-corrected chi connectivity index (χ4v) is 4.33. The van der Waals surface area contributed by atoms with Crippen molar-refractivity contribution in [2.75, 3.05) is 6.61 Å². The summed E-state index contributed by atoms with van der Waals surface area (Å²) < 4.78 is 75.8. The Morgan fingerprint density at radius 3 is 2.44 bits per heavy atom. The molecule has 36 heavy (non-hydrogen) atoms. The Labute approximate surface area is 200 Å².